The second-order valence-electron chi connectivity index (χ2n) is 3.89. The van der Waals surface area contributed by atoms with Crippen LogP contribution >= 0.6 is 0 Å². The van der Waals surface area contributed by atoms with E-state index in [1.54, 1.807) is 0 Å². The van der Waals surface area contributed by atoms with Crippen molar-refractivity contribution in [2.45, 2.75) is 19.4 Å². The average molecular weight is 185 g/mol. The largest absolute Gasteiger partial charge is 0.352 e. The highest BCUT2D eigenvalue weighted by Gasteiger charge is 2.26. The van der Waals surface area contributed by atoms with Crippen LogP contribution in [0.5, 0.6) is 0 Å². The van der Waals surface area contributed by atoms with Crippen molar-refractivity contribution in [3.8, 4) is 0 Å². The summed E-state index contributed by atoms with van der Waals surface area (Å²) in [5.41, 5.74) is 5.42. The molecule has 0 aromatic carbocycles. The molecule has 4 nitrogen and oxygen atoms in total. The SMILES string of the molecule is C[C@H](CN)NC(=O)C1CCN(C)C1. The van der Waals surface area contributed by atoms with E-state index in [4.69, 9.17) is 5.73 Å². The molecule has 1 rings (SSSR count). The molecule has 0 aromatic heterocycles. The van der Waals surface area contributed by atoms with E-state index in [2.05, 4.69) is 10.2 Å². The molecule has 1 unspecified atom stereocenters. The van der Waals surface area contributed by atoms with Gasteiger partial charge in [0, 0.05) is 19.1 Å². The Bertz CT molecular complexity index is 184. The maximum absolute atomic E-state index is 11.6. The Kier molecular flexibility index (Phi) is 3.69. The van der Waals surface area contributed by atoms with E-state index in [1.807, 2.05) is 14.0 Å². The van der Waals surface area contributed by atoms with Crippen LogP contribution < -0.4 is 11.1 Å². The van der Waals surface area contributed by atoms with Crippen molar-refractivity contribution >= 4 is 5.91 Å². The fourth-order valence-electron chi connectivity index (χ4n) is 1.57. The van der Waals surface area contributed by atoms with Gasteiger partial charge in [0.15, 0.2) is 0 Å². The minimum Gasteiger partial charge on any atom is -0.352 e. The summed E-state index contributed by atoms with van der Waals surface area (Å²) in [6.07, 6.45) is 0.972. The molecule has 1 saturated heterocycles. The van der Waals surface area contributed by atoms with Gasteiger partial charge in [-0.1, -0.05) is 0 Å². The number of nitrogens with one attached hydrogen (secondary N) is 1. The molecular weight excluding hydrogens is 166 g/mol. The molecular formula is C9H19N3O. The normalized spacial score (nSPS) is 25.9. The number of nitrogens with zero attached hydrogens (tertiary/aromatic N) is 1. The smallest absolute Gasteiger partial charge is 0.224 e. The van der Waals surface area contributed by atoms with Crippen molar-refractivity contribution in [1.29, 1.82) is 0 Å². The summed E-state index contributed by atoms with van der Waals surface area (Å²) >= 11 is 0. The van der Waals surface area contributed by atoms with Gasteiger partial charge in [-0.3, -0.25) is 4.79 Å². The summed E-state index contributed by atoms with van der Waals surface area (Å²) in [7, 11) is 2.04. The molecule has 0 bridgehead atoms. The predicted molar refractivity (Wildman–Crippen MR) is 52.3 cm³/mol. The third-order valence-corrected chi connectivity index (χ3v) is 2.50. The number of carbonyl (C=O) groups is 1. The summed E-state index contributed by atoms with van der Waals surface area (Å²) in [5, 5.41) is 2.90. The number of likely N-dealkylation sites (tertiary alicyclic amines) is 1. The van der Waals surface area contributed by atoms with Crippen molar-refractivity contribution < 1.29 is 4.79 Å². The van der Waals surface area contributed by atoms with E-state index < -0.39 is 0 Å². The molecule has 76 valence electrons. The molecule has 1 aliphatic rings. The molecule has 0 aliphatic carbocycles. The number of nitrogens with two attached hydrogens (primary N) is 1. The number of amides is 1. The van der Waals surface area contributed by atoms with Crippen LogP contribution in [0, 0.1) is 5.92 Å². The lowest BCUT2D eigenvalue weighted by atomic mass is 10.1. The Labute approximate surface area is 79.5 Å². The standard InChI is InChI=1S/C9H19N3O/c1-7(5-10)11-9(13)8-3-4-12(2)6-8/h7-8H,3-6,10H2,1-2H3,(H,11,13)/t7-,8?/m1/s1. The Hall–Kier alpha value is -0.610. The van der Waals surface area contributed by atoms with E-state index in [0.29, 0.717) is 6.54 Å². The summed E-state index contributed by atoms with van der Waals surface area (Å²) in [4.78, 5) is 13.7. The van der Waals surface area contributed by atoms with E-state index in [1.165, 1.54) is 0 Å². The zero-order chi connectivity index (χ0) is 9.84. The zero-order valence-electron chi connectivity index (χ0n) is 8.42. The lowest BCUT2D eigenvalue weighted by Gasteiger charge is -2.15. The molecule has 4 heteroatoms. The maximum atomic E-state index is 11.6. The summed E-state index contributed by atoms with van der Waals surface area (Å²) in [6.45, 7) is 4.34. The molecule has 13 heavy (non-hydrogen) atoms. The Morgan fingerprint density at radius 3 is 2.92 bits per heavy atom. The third-order valence-electron chi connectivity index (χ3n) is 2.50. The van der Waals surface area contributed by atoms with Gasteiger partial charge in [0.1, 0.15) is 0 Å². The number of hydrogen-bond donors (Lipinski definition) is 2. The highest BCUT2D eigenvalue weighted by molar-refractivity contribution is 5.79. The molecule has 1 amide bonds. The molecule has 3 N–H and O–H groups in total. The van der Waals surface area contributed by atoms with Crippen LogP contribution in [-0.2, 0) is 4.79 Å². The van der Waals surface area contributed by atoms with Gasteiger partial charge < -0.3 is 16.0 Å². The number of rotatable bonds is 3. The quantitative estimate of drug-likeness (QED) is 0.617. The first-order chi connectivity index (χ1) is 6.13. The van der Waals surface area contributed by atoms with Gasteiger partial charge in [-0.2, -0.15) is 0 Å². The number of hydrogen-bond acceptors (Lipinski definition) is 3. The van der Waals surface area contributed by atoms with Gasteiger partial charge in [-0.05, 0) is 26.9 Å². The summed E-state index contributed by atoms with van der Waals surface area (Å²) < 4.78 is 0. The van der Waals surface area contributed by atoms with E-state index >= 15 is 0 Å². The van der Waals surface area contributed by atoms with Gasteiger partial charge in [0.2, 0.25) is 5.91 Å². The molecule has 0 radical (unpaired) electrons. The third kappa shape index (κ3) is 2.97. The highest BCUT2D eigenvalue weighted by atomic mass is 16.2. The summed E-state index contributed by atoms with van der Waals surface area (Å²) in [6, 6.07) is 0.0957. The predicted octanol–water partition coefficient (Wildman–Crippen LogP) is -0.598. The molecule has 1 heterocycles. The van der Waals surface area contributed by atoms with Crippen molar-refractivity contribution in [2.24, 2.45) is 11.7 Å². The van der Waals surface area contributed by atoms with E-state index in [0.717, 1.165) is 19.5 Å². The van der Waals surface area contributed by atoms with Gasteiger partial charge in [-0.25, -0.2) is 0 Å². The van der Waals surface area contributed by atoms with Crippen LogP contribution in [0.15, 0.2) is 0 Å². The first-order valence-electron chi connectivity index (χ1n) is 4.82. The fourth-order valence-corrected chi connectivity index (χ4v) is 1.57. The van der Waals surface area contributed by atoms with Crippen molar-refractivity contribution in [1.82, 2.24) is 10.2 Å². The first-order valence-corrected chi connectivity index (χ1v) is 4.82. The van der Waals surface area contributed by atoms with Gasteiger partial charge in [0.05, 0.1) is 5.92 Å². The van der Waals surface area contributed by atoms with Crippen LogP contribution in [0.4, 0.5) is 0 Å². The van der Waals surface area contributed by atoms with Crippen LogP contribution in [0.25, 0.3) is 0 Å². The molecule has 2 atom stereocenters. The van der Waals surface area contributed by atoms with Gasteiger partial charge in [-0.15, -0.1) is 0 Å². The minimum atomic E-state index is 0.0957. The maximum Gasteiger partial charge on any atom is 0.224 e. The lowest BCUT2D eigenvalue weighted by Crippen LogP contribution is -2.41. The number of carbonyl (C=O) groups excluding carboxylic acids is 1. The van der Waals surface area contributed by atoms with Crippen LogP contribution in [-0.4, -0.2) is 43.5 Å². The van der Waals surface area contributed by atoms with E-state index in [9.17, 15) is 4.79 Å². The topological polar surface area (TPSA) is 58.4 Å². The van der Waals surface area contributed by atoms with Crippen LogP contribution in [0.1, 0.15) is 13.3 Å². The molecule has 0 spiro atoms. The van der Waals surface area contributed by atoms with Gasteiger partial charge >= 0.3 is 0 Å². The first kappa shape index (κ1) is 10.5. The summed E-state index contributed by atoms with van der Waals surface area (Å²) in [5.74, 6) is 0.321. The molecule has 1 aliphatic heterocycles. The van der Waals surface area contributed by atoms with Crippen LogP contribution in [0.2, 0.25) is 0 Å². The van der Waals surface area contributed by atoms with E-state index in [-0.39, 0.29) is 17.9 Å². The second kappa shape index (κ2) is 4.58. The van der Waals surface area contributed by atoms with Crippen molar-refractivity contribution in [3.05, 3.63) is 0 Å². The van der Waals surface area contributed by atoms with Gasteiger partial charge in [0.25, 0.3) is 0 Å². The van der Waals surface area contributed by atoms with Crippen LogP contribution in [0.3, 0.4) is 0 Å². The molecule has 0 aromatic rings. The Balaban J connectivity index is 2.31. The van der Waals surface area contributed by atoms with Crippen molar-refractivity contribution in [2.75, 3.05) is 26.7 Å². The Morgan fingerprint density at radius 1 is 1.77 bits per heavy atom. The average Bonchev–Trinajstić information content (AvgIpc) is 2.51. The van der Waals surface area contributed by atoms with Crippen molar-refractivity contribution in [3.63, 3.8) is 0 Å². The molecule has 0 saturated carbocycles. The molecule has 1 fully saturated rings. The zero-order valence-corrected chi connectivity index (χ0v) is 8.42. The minimum absolute atomic E-state index is 0.0957. The highest BCUT2D eigenvalue weighted by Crippen LogP contribution is 2.14. The monoisotopic (exact) mass is 185 g/mol. The fraction of sp³-hybridized carbons (Fsp3) is 0.889. The lowest BCUT2D eigenvalue weighted by molar-refractivity contribution is -0.125. The Morgan fingerprint density at radius 2 is 2.46 bits per heavy atom. The second-order valence-corrected chi connectivity index (χ2v) is 3.89.